The SMILES string of the molecule is CCC(C)n1ccc(CN(C)CCNC(C)C)n1. The highest BCUT2D eigenvalue weighted by Gasteiger charge is 2.06. The number of nitrogens with zero attached hydrogens (tertiary/aromatic N) is 3. The predicted molar refractivity (Wildman–Crippen MR) is 76.7 cm³/mol. The summed E-state index contributed by atoms with van der Waals surface area (Å²) in [6.07, 6.45) is 3.21. The number of hydrogen-bond donors (Lipinski definition) is 1. The minimum atomic E-state index is 0.492. The molecule has 0 aliphatic rings. The highest BCUT2D eigenvalue weighted by atomic mass is 15.3. The lowest BCUT2D eigenvalue weighted by molar-refractivity contribution is 0.314. The minimum Gasteiger partial charge on any atom is -0.313 e. The van der Waals surface area contributed by atoms with Gasteiger partial charge in [-0.15, -0.1) is 0 Å². The molecule has 0 bridgehead atoms. The molecule has 1 heterocycles. The van der Waals surface area contributed by atoms with Gasteiger partial charge in [0.25, 0.3) is 0 Å². The van der Waals surface area contributed by atoms with E-state index in [1.807, 2.05) is 0 Å². The summed E-state index contributed by atoms with van der Waals surface area (Å²) in [5.74, 6) is 0. The number of aromatic nitrogens is 2. The molecule has 0 aliphatic carbocycles. The van der Waals surface area contributed by atoms with Crippen molar-refractivity contribution in [1.82, 2.24) is 20.0 Å². The molecule has 1 aromatic heterocycles. The molecular formula is C14H28N4. The smallest absolute Gasteiger partial charge is 0.0764 e. The van der Waals surface area contributed by atoms with E-state index in [1.165, 1.54) is 0 Å². The fraction of sp³-hybridized carbons (Fsp3) is 0.786. The van der Waals surface area contributed by atoms with Crippen LogP contribution in [0.3, 0.4) is 0 Å². The Hall–Kier alpha value is -0.870. The first kappa shape index (κ1) is 15.2. The third kappa shape index (κ3) is 5.19. The summed E-state index contributed by atoms with van der Waals surface area (Å²) in [6, 6.07) is 3.17. The van der Waals surface area contributed by atoms with Crippen molar-refractivity contribution in [3.05, 3.63) is 18.0 Å². The van der Waals surface area contributed by atoms with E-state index >= 15 is 0 Å². The van der Waals surface area contributed by atoms with Crippen LogP contribution in [0.15, 0.2) is 12.3 Å². The normalized spacial score (nSPS) is 13.5. The maximum absolute atomic E-state index is 4.62. The Morgan fingerprint density at radius 3 is 2.72 bits per heavy atom. The molecule has 1 atom stereocenters. The Balaban J connectivity index is 2.35. The zero-order valence-corrected chi connectivity index (χ0v) is 12.5. The van der Waals surface area contributed by atoms with Gasteiger partial charge in [-0.25, -0.2) is 0 Å². The van der Waals surface area contributed by atoms with Crippen molar-refractivity contribution in [3.8, 4) is 0 Å². The molecule has 0 aromatic carbocycles. The largest absolute Gasteiger partial charge is 0.313 e. The van der Waals surface area contributed by atoms with Gasteiger partial charge >= 0.3 is 0 Å². The molecule has 1 unspecified atom stereocenters. The highest BCUT2D eigenvalue weighted by molar-refractivity contribution is 4.99. The molecule has 1 rings (SSSR count). The Morgan fingerprint density at radius 2 is 2.11 bits per heavy atom. The van der Waals surface area contributed by atoms with Gasteiger partial charge in [0.2, 0.25) is 0 Å². The first-order chi connectivity index (χ1) is 8.52. The van der Waals surface area contributed by atoms with Crippen molar-refractivity contribution < 1.29 is 0 Å². The molecule has 4 nitrogen and oxygen atoms in total. The van der Waals surface area contributed by atoms with E-state index in [0.29, 0.717) is 12.1 Å². The number of likely N-dealkylation sites (N-methyl/N-ethyl adjacent to an activating group) is 1. The molecule has 0 saturated carbocycles. The maximum Gasteiger partial charge on any atom is 0.0764 e. The second kappa shape index (κ2) is 7.54. The third-order valence-corrected chi connectivity index (χ3v) is 3.18. The average molecular weight is 252 g/mol. The summed E-state index contributed by atoms with van der Waals surface area (Å²) >= 11 is 0. The molecule has 1 N–H and O–H groups in total. The van der Waals surface area contributed by atoms with Crippen molar-refractivity contribution >= 4 is 0 Å². The van der Waals surface area contributed by atoms with Crippen molar-refractivity contribution in [2.75, 3.05) is 20.1 Å². The molecule has 0 spiro atoms. The molecule has 104 valence electrons. The van der Waals surface area contributed by atoms with E-state index in [-0.39, 0.29) is 0 Å². The van der Waals surface area contributed by atoms with E-state index < -0.39 is 0 Å². The zero-order chi connectivity index (χ0) is 13.5. The lowest BCUT2D eigenvalue weighted by Gasteiger charge is -2.17. The van der Waals surface area contributed by atoms with Crippen molar-refractivity contribution in [3.63, 3.8) is 0 Å². The zero-order valence-electron chi connectivity index (χ0n) is 12.5. The Bertz CT molecular complexity index is 332. The Kier molecular flexibility index (Phi) is 6.36. The lowest BCUT2D eigenvalue weighted by Crippen LogP contribution is -2.32. The molecule has 18 heavy (non-hydrogen) atoms. The van der Waals surface area contributed by atoms with Crippen LogP contribution in [0.5, 0.6) is 0 Å². The molecule has 0 aliphatic heterocycles. The first-order valence-corrected chi connectivity index (χ1v) is 6.98. The van der Waals surface area contributed by atoms with Gasteiger partial charge in [0, 0.05) is 37.9 Å². The van der Waals surface area contributed by atoms with Gasteiger partial charge in [-0.1, -0.05) is 20.8 Å². The second-order valence-corrected chi connectivity index (χ2v) is 5.39. The highest BCUT2D eigenvalue weighted by Crippen LogP contribution is 2.09. The Morgan fingerprint density at radius 1 is 1.39 bits per heavy atom. The summed E-state index contributed by atoms with van der Waals surface area (Å²) in [5, 5.41) is 8.05. The van der Waals surface area contributed by atoms with Gasteiger partial charge < -0.3 is 5.32 Å². The fourth-order valence-corrected chi connectivity index (χ4v) is 1.79. The number of hydrogen-bond acceptors (Lipinski definition) is 3. The molecule has 1 aromatic rings. The molecule has 0 fully saturated rings. The quantitative estimate of drug-likeness (QED) is 0.770. The molecule has 0 radical (unpaired) electrons. The standard InChI is InChI=1S/C14H28N4/c1-6-13(4)18-9-7-14(16-18)11-17(5)10-8-15-12(2)3/h7,9,12-13,15H,6,8,10-11H2,1-5H3. The van der Waals surface area contributed by atoms with Gasteiger partial charge in [-0.3, -0.25) is 9.58 Å². The van der Waals surface area contributed by atoms with Crippen LogP contribution in [0.2, 0.25) is 0 Å². The van der Waals surface area contributed by atoms with E-state index in [2.05, 4.69) is 67.0 Å². The van der Waals surface area contributed by atoms with Crippen LogP contribution in [-0.4, -0.2) is 40.9 Å². The number of nitrogens with one attached hydrogen (secondary N) is 1. The summed E-state index contributed by atoms with van der Waals surface area (Å²) in [7, 11) is 2.14. The lowest BCUT2D eigenvalue weighted by atomic mass is 10.3. The van der Waals surface area contributed by atoms with Gasteiger partial charge in [0.1, 0.15) is 0 Å². The first-order valence-electron chi connectivity index (χ1n) is 6.98. The molecule has 0 amide bonds. The predicted octanol–water partition coefficient (Wildman–Crippen LogP) is 2.28. The molecule has 4 heteroatoms. The second-order valence-electron chi connectivity index (χ2n) is 5.39. The molecule has 0 saturated heterocycles. The van der Waals surface area contributed by atoms with Crippen molar-refractivity contribution in [1.29, 1.82) is 0 Å². The van der Waals surface area contributed by atoms with Crippen molar-refractivity contribution in [2.45, 2.75) is 52.7 Å². The fourth-order valence-electron chi connectivity index (χ4n) is 1.79. The summed E-state index contributed by atoms with van der Waals surface area (Å²) in [6.45, 7) is 11.7. The summed E-state index contributed by atoms with van der Waals surface area (Å²) < 4.78 is 2.07. The Labute approximate surface area is 111 Å². The van der Waals surface area contributed by atoms with Gasteiger partial charge in [-0.05, 0) is 26.5 Å². The van der Waals surface area contributed by atoms with E-state index in [9.17, 15) is 0 Å². The topological polar surface area (TPSA) is 33.1 Å². The van der Waals surface area contributed by atoms with Crippen LogP contribution in [0.25, 0.3) is 0 Å². The maximum atomic E-state index is 4.62. The molecular weight excluding hydrogens is 224 g/mol. The van der Waals surface area contributed by atoms with E-state index in [4.69, 9.17) is 0 Å². The van der Waals surface area contributed by atoms with Gasteiger partial charge in [0.05, 0.1) is 5.69 Å². The van der Waals surface area contributed by atoms with Gasteiger partial charge in [0.15, 0.2) is 0 Å². The van der Waals surface area contributed by atoms with Crippen LogP contribution in [-0.2, 0) is 6.54 Å². The van der Waals surface area contributed by atoms with E-state index in [0.717, 1.165) is 31.7 Å². The van der Waals surface area contributed by atoms with Crippen molar-refractivity contribution in [2.24, 2.45) is 0 Å². The van der Waals surface area contributed by atoms with Crippen LogP contribution < -0.4 is 5.32 Å². The van der Waals surface area contributed by atoms with Gasteiger partial charge in [-0.2, -0.15) is 5.10 Å². The van der Waals surface area contributed by atoms with Crippen LogP contribution in [0.1, 0.15) is 45.9 Å². The van der Waals surface area contributed by atoms with Crippen LogP contribution >= 0.6 is 0 Å². The van der Waals surface area contributed by atoms with Crippen LogP contribution in [0, 0.1) is 0 Å². The van der Waals surface area contributed by atoms with E-state index in [1.54, 1.807) is 0 Å². The third-order valence-electron chi connectivity index (χ3n) is 3.18. The minimum absolute atomic E-state index is 0.492. The summed E-state index contributed by atoms with van der Waals surface area (Å²) in [5.41, 5.74) is 1.15. The average Bonchev–Trinajstić information content (AvgIpc) is 2.76. The summed E-state index contributed by atoms with van der Waals surface area (Å²) in [4.78, 5) is 2.30. The van der Waals surface area contributed by atoms with Crippen LogP contribution in [0.4, 0.5) is 0 Å². The number of rotatable bonds is 8. The monoisotopic (exact) mass is 252 g/mol.